The van der Waals surface area contributed by atoms with Gasteiger partial charge >= 0.3 is 0 Å². The van der Waals surface area contributed by atoms with Gasteiger partial charge in [-0.15, -0.1) is 0 Å². The minimum Gasteiger partial charge on any atom is -0.496 e. The van der Waals surface area contributed by atoms with Crippen LogP contribution < -0.4 is 14.2 Å². The van der Waals surface area contributed by atoms with Gasteiger partial charge < -0.3 is 14.2 Å². The first kappa shape index (κ1) is 15.7. The van der Waals surface area contributed by atoms with Crippen LogP contribution in [0, 0.1) is 0 Å². The average molecular weight is 351 g/mol. The van der Waals surface area contributed by atoms with E-state index in [4.69, 9.17) is 14.2 Å². The molecular formula is C17H19BrO3. The van der Waals surface area contributed by atoms with E-state index in [1.165, 1.54) is 0 Å². The van der Waals surface area contributed by atoms with Crippen LogP contribution >= 0.6 is 15.9 Å². The van der Waals surface area contributed by atoms with Crippen molar-refractivity contribution >= 4 is 15.9 Å². The van der Waals surface area contributed by atoms with E-state index in [1.54, 1.807) is 21.3 Å². The molecule has 0 bridgehead atoms. The molecule has 0 radical (unpaired) electrons. The molecule has 0 heterocycles. The normalized spacial score (nSPS) is 11.8. The maximum Gasteiger partial charge on any atom is 0.161 e. The zero-order valence-electron chi connectivity index (χ0n) is 12.4. The molecule has 2 rings (SSSR count). The number of alkyl halides is 1. The summed E-state index contributed by atoms with van der Waals surface area (Å²) in [7, 11) is 4.97. The van der Waals surface area contributed by atoms with Gasteiger partial charge in [-0.25, -0.2) is 0 Å². The second-order valence-corrected chi connectivity index (χ2v) is 5.70. The summed E-state index contributed by atoms with van der Waals surface area (Å²) in [4.78, 5) is 0.175. The van der Waals surface area contributed by atoms with Crippen molar-refractivity contribution in [1.82, 2.24) is 0 Å². The summed E-state index contributed by atoms with van der Waals surface area (Å²) in [6, 6.07) is 14.0. The molecule has 0 fully saturated rings. The zero-order chi connectivity index (χ0) is 15.2. The molecule has 4 heteroatoms. The van der Waals surface area contributed by atoms with Gasteiger partial charge in [0.1, 0.15) is 5.75 Å². The van der Waals surface area contributed by atoms with Gasteiger partial charge in [-0.3, -0.25) is 0 Å². The highest BCUT2D eigenvalue weighted by Gasteiger charge is 2.14. The molecular weight excluding hydrogens is 332 g/mol. The lowest BCUT2D eigenvalue weighted by atomic mass is 10.0. The summed E-state index contributed by atoms with van der Waals surface area (Å²) >= 11 is 3.74. The van der Waals surface area contributed by atoms with Crippen LogP contribution in [0.15, 0.2) is 42.5 Å². The number of hydrogen-bond acceptors (Lipinski definition) is 3. The Morgan fingerprint density at radius 1 is 0.857 bits per heavy atom. The summed E-state index contributed by atoms with van der Waals surface area (Å²) in [5.41, 5.74) is 2.30. The molecule has 2 aromatic rings. The van der Waals surface area contributed by atoms with Crippen molar-refractivity contribution in [2.75, 3.05) is 21.3 Å². The number of hydrogen-bond donors (Lipinski definition) is 0. The van der Waals surface area contributed by atoms with Crippen molar-refractivity contribution in [2.24, 2.45) is 0 Å². The number of halogens is 1. The molecule has 0 aromatic heterocycles. The topological polar surface area (TPSA) is 27.7 Å². The fraction of sp³-hybridized carbons (Fsp3) is 0.294. The summed E-state index contributed by atoms with van der Waals surface area (Å²) in [6.45, 7) is 0. The highest BCUT2D eigenvalue weighted by Crippen LogP contribution is 2.35. The quantitative estimate of drug-likeness (QED) is 0.723. The van der Waals surface area contributed by atoms with E-state index in [9.17, 15) is 0 Å². The lowest BCUT2D eigenvalue weighted by molar-refractivity contribution is 0.354. The second-order valence-electron chi connectivity index (χ2n) is 4.60. The zero-order valence-corrected chi connectivity index (χ0v) is 14.0. The van der Waals surface area contributed by atoms with Crippen molar-refractivity contribution in [3.63, 3.8) is 0 Å². The molecule has 0 saturated carbocycles. The Labute approximate surface area is 134 Å². The van der Waals surface area contributed by atoms with Crippen molar-refractivity contribution < 1.29 is 14.2 Å². The Kier molecular flexibility index (Phi) is 5.51. The molecule has 0 aliphatic carbocycles. The Morgan fingerprint density at radius 2 is 1.52 bits per heavy atom. The van der Waals surface area contributed by atoms with Crippen molar-refractivity contribution in [2.45, 2.75) is 11.2 Å². The minimum absolute atomic E-state index is 0.175. The summed E-state index contributed by atoms with van der Waals surface area (Å²) in [6.07, 6.45) is 0.833. The molecule has 0 aliphatic rings. The Balaban J connectivity index is 2.22. The molecule has 21 heavy (non-hydrogen) atoms. The SMILES string of the molecule is COc1ccccc1CC(Br)c1ccc(OC)c(OC)c1. The first-order valence-electron chi connectivity index (χ1n) is 6.67. The average Bonchev–Trinajstić information content (AvgIpc) is 2.54. The third-order valence-electron chi connectivity index (χ3n) is 3.36. The monoisotopic (exact) mass is 350 g/mol. The van der Waals surface area contributed by atoms with Crippen LogP contribution in [0.1, 0.15) is 16.0 Å². The van der Waals surface area contributed by atoms with Crippen LogP contribution in [0.3, 0.4) is 0 Å². The third kappa shape index (κ3) is 3.70. The van der Waals surface area contributed by atoms with Gasteiger partial charge in [0.25, 0.3) is 0 Å². The number of rotatable bonds is 6. The maximum atomic E-state index is 5.40. The molecule has 2 aromatic carbocycles. The molecule has 3 nitrogen and oxygen atoms in total. The Morgan fingerprint density at radius 3 is 2.19 bits per heavy atom. The molecule has 0 N–H and O–H groups in total. The highest BCUT2D eigenvalue weighted by molar-refractivity contribution is 9.09. The van der Waals surface area contributed by atoms with Gasteiger partial charge in [0.2, 0.25) is 0 Å². The van der Waals surface area contributed by atoms with E-state index >= 15 is 0 Å². The van der Waals surface area contributed by atoms with Crippen molar-refractivity contribution in [3.8, 4) is 17.2 Å². The fourth-order valence-corrected chi connectivity index (χ4v) is 2.86. The van der Waals surface area contributed by atoms with Crippen molar-refractivity contribution in [3.05, 3.63) is 53.6 Å². The van der Waals surface area contributed by atoms with Crippen LogP contribution in [0.25, 0.3) is 0 Å². The largest absolute Gasteiger partial charge is 0.496 e. The molecule has 112 valence electrons. The first-order valence-corrected chi connectivity index (χ1v) is 7.59. The molecule has 0 spiro atoms. The smallest absolute Gasteiger partial charge is 0.161 e. The highest BCUT2D eigenvalue weighted by atomic mass is 79.9. The number of methoxy groups -OCH3 is 3. The lowest BCUT2D eigenvalue weighted by Gasteiger charge is -2.15. The number of para-hydroxylation sites is 1. The van der Waals surface area contributed by atoms with Gasteiger partial charge in [0.15, 0.2) is 11.5 Å². The standard InChI is InChI=1S/C17H19BrO3/c1-19-15-7-5-4-6-13(15)10-14(18)12-8-9-16(20-2)17(11-12)21-3/h4-9,11,14H,10H2,1-3H3. The van der Waals surface area contributed by atoms with E-state index in [1.807, 2.05) is 36.4 Å². The Bertz CT molecular complexity index is 598. The van der Waals surface area contributed by atoms with Gasteiger partial charge in [0.05, 0.1) is 21.3 Å². The first-order chi connectivity index (χ1) is 10.2. The summed E-state index contributed by atoms with van der Waals surface area (Å²) in [5.74, 6) is 2.38. The molecule has 1 unspecified atom stereocenters. The third-order valence-corrected chi connectivity index (χ3v) is 4.21. The minimum atomic E-state index is 0.175. The molecule has 0 amide bonds. The van der Waals surface area contributed by atoms with Gasteiger partial charge in [-0.1, -0.05) is 40.2 Å². The van der Waals surface area contributed by atoms with Crippen molar-refractivity contribution in [1.29, 1.82) is 0 Å². The van der Waals surface area contributed by atoms with Gasteiger partial charge in [-0.05, 0) is 35.7 Å². The van der Waals surface area contributed by atoms with E-state index in [0.717, 1.165) is 34.8 Å². The molecule has 1 atom stereocenters. The van der Waals surface area contributed by atoms with E-state index < -0.39 is 0 Å². The summed E-state index contributed by atoms with van der Waals surface area (Å²) in [5, 5.41) is 0. The predicted molar refractivity (Wildman–Crippen MR) is 87.9 cm³/mol. The van der Waals surface area contributed by atoms with E-state index in [0.29, 0.717) is 0 Å². The maximum absolute atomic E-state index is 5.40. The fourth-order valence-electron chi connectivity index (χ4n) is 2.23. The number of ether oxygens (including phenoxy) is 3. The van der Waals surface area contributed by atoms with Crippen LogP contribution in [0.4, 0.5) is 0 Å². The van der Waals surface area contributed by atoms with Crippen LogP contribution in [0.5, 0.6) is 17.2 Å². The summed E-state index contributed by atoms with van der Waals surface area (Å²) < 4.78 is 16.0. The Hall–Kier alpha value is -1.68. The van der Waals surface area contributed by atoms with Crippen LogP contribution in [-0.2, 0) is 6.42 Å². The van der Waals surface area contributed by atoms with Crippen LogP contribution in [-0.4, -0.2) is 21.3 Å². The van der Waals surface area contributed by atoms with E-state index in [-0.39, 0.29) is 4.83 Å². The van der Waals surface area contributed by atoms with Gasteiger partial charge in [0, 0.05) is 4.83 Å². The van der Waals surface area contributed by atoms with Gasteiger partial charge in [-0.2, -0.15) is 0 Å². The molecule has 0 saturated heterocycles. The predicted octanol–water partition coefficient (Wildman–Crippen LogP) is 4.39. The lowest BCUT2D eigenvalue weighted by Crippen LogP contribution is -1.99. The van der Waals surface area contributed by atoms with Crippen LogP contribution in [0.2, 0.25) is 0 Å². The second kappa shape index (κ2) is 7.36. The van der Waals surface area contributed by atoms with E-state index in [2.05, 4.69) is 22.0 Å². The number of benzene rings is 2. The molecule has 0 aliphatic heterocycles.